The summed E-state index contributed by atoms with van der Waals surface area (Å²) in [5, 5.41) is 16.6. The highest BCUT2D eigenvalue weighted by Crippen LogP contribution is 1.96. The summed E-state index contributed by atoms with van der Waals surface area (Å²) in [5.74, 6) is -1.92. The van der Waals surface area contributed by atoms with E-state index in [9.17, 15) is 9.59 Å². The molecule has 108 valence electrons. The number of nitrogens with one attached hydrogen (secondary N) is 1. The second-order valence-electron chi connectivity index (χ2n) is 4.32. The summed E-state index contributed by atoms with van der Waals surface area (Å²) in [6.45, 7) is 3.55. The molecule has 0 saturated heterocycles. The predicted molar refractivity (Wildman–Crippen MR) is 68.4 cm³/mol. The topological polar surface area (TPSA) is 155 Å². The Morgan fingerprint density at radius 1 is 1.32 bits per heavy atom. The van der Waals surface area contributed by atoms with E-state index in [1.807, 2.05) is 0 Å². The third kappa shape index (κ3) is 7.17. The zero-order chi connectivity index (χ0) is 15.0. The summed E-state index contributed by atoms with van der Waals surface area (Å²) < 4.78 is 0. The molecule has 2 unspecified atom stereocenters. The predicted octanol–water partition coefficient (Wildman–Crippen LogP) is -0.582. The summed E-state index contributed by atoms with van der Waals surface area (Å²) in [5.41, 5.74) is 11.1. The van der Waals surface area contributed by atoms with Gasteiger partial charge in [0.05, 0.1) is 12.0 Å². The summed E-state index contributed by atoms with van der Waals surface area (Å²) in [7, 11) is 0. The minimum Gasteiger partial charge on any atom is -0.480 e. The van der Waals surface area contributed by atoms with Gasteiger partial charge in [-0.15, -0.1) is 0 Å². The van der Waals surface area contributed by atoms with Gasteiger partial charge in [-0.3, -0.25) is 9.59 Å². The fourth-order valence-corrected chi connectivity index (χ4v) is 1.00. The summed E-state index contributed by atoms with van der Waals surface area (Å²) in [4.78, 5) is 26.8. The van der Waals surface area contributed by atoms with Crippen LogP contribution in [-0.4, -0.2) is 44.2 Å². The van der Waals surface area contributed by atoms with Crippen LogP contribution in [0.25, 0.3) is 0 Å². The first-order valence-electron chi connectivity index (χ1n) is 5.70. The normalized spacial score (nSPS) is 13.3. The number of aromatic amines is 1. The molecule has 0 spiro atoms. The molecule has 19 heavy (non-hydrogen) atoms. The van der Waals surface area contributed by atoms with Gasteiger partial charge in [0.15, 0.2) is 0 Å². The van der Waals surface area contributed by atoms with Crippen molar-refractivity contribution in [2.24, 2.45) is 17.4 Å². The lowest BCUT2D eigenvalue weighted by atomic mass is 10.1. The van der Waals surface area contributed by atoms with Crippen LogP contribution < -0.4 is 11.5 Å². The molecular weight excluding hydrogens is 252 g/mol. The molecule has 0 amide bonds. The molecule has 0 aliphatic carbocycles. The van der Waals surface area contributed by atoms with Crippen LogP contribution in [-0.2, 0) is 16.0 Å². The summed E-state index contributed by atoms with van der Waals surface area (Å²) in [6.07, 6.45) is 3.38. The zero-order valence-electron chi connectivity index (χ0n) is 10.9. The molecule has 0 radical (unpaired) electrons. The number of H-pyrrole nitrogens is 1. The highest BCUT2D eigenvalue weighted by molar-refractivity contribution is 5.73. The first kappa shape index (κ1) is 17.1. The molecule has 7 N–H and O–H groups in total. The van der Waals surface area contributed by atoms with Crippen molar-refractivity contribution >= 4 is 11.9 Å². The molecule has 0 fully saturated rings. The molecule has 0 saturated carbocycles. The first-order chi connectivity index (χ1) is 8.75. The van der Waals surface area contributed by atoms with Gasteiger partial charge in [-0.05, 0) is 5.92 Å². The van der Waals surface area contributed by atoms with Crippen LogP contribution in [0.5, 0.6) is 0 Å². The quantitative estimate of drug-likeness (QED) is 0.480. The molecule has 0 aliphatic heterocycles. The van der Waals surface area contributed by atoms with Crippen LogP contribution in [0.3, 0.4) is 0 Å². The maximum Gasteiger partial charge on any atom is 0.320 e. The van der Waals surface area contributed by atoms with Gasteiger partial charge in [0.1, 0.15) is 12.1 Å². The molecule has 0 bridgehead atoms. The number of hydrogen-bond donors (Lipinski definition) is 5. The Hall–Kier alpha value is -1.93. The van der Waals surface area contributed by atoms with Crippen molar-refractivity contribution in [1.29, 1.82) is 0 Å². The molecule has 1 aromatic heterocycles. The lowest BCUT2D eigenvalue weighted by molar-refractivity contribution is -0.140. The highest BCUT2D eigenvalue weighted by atomic mass is 16.4. The Balaban J connectivity index is 0.000000362. The minimum absolute atomic E-state index is 0.0208. The Morgan fingerprint density at radius 2 is 1.89 bits per heavy atom. The van der Waals surface area contributed by atoms with E-state index in [1.165, 1.54) is 6.33 Å². The van der Waals surface area contributed by atoms with Gasteiger partial charge in [0.25, 0.3) is 0 Å². The van der Waals surface area contributed by atoms with Gasteiger partial charge >= 0.3 is 11.9 Å². The maximum absolute atomic E-state index is 10.3. The van der Waals surface area contributed by atoms with Gasteiger partial charge in [0, 0.05) is 12.6 Å². The van der Waals surface area contributed by atoms with E-state index in [0.29, 0.717) is 5.69 Å². The fourth-order valence-electron chi connectivity index (χ4n) is 1.00. The third-order valence-electron chi connectivity index (χ3n) is 2.30. The number of nitrogens with two attached hydrogens (primary N) is 2. The van der Waals surface area contributed by atoms with E-state index >= 15 is 0 Å². The van der Waals surface area contributed by atoms with E-state index < -0.39 is 24.0 Å². The van der Waals surface area contributed by atoms with E-state index in [-0.39, 0.29) is 12.3 Å². The number of rotatable bonds is 5. The highest BCUT2D eigenvalue weighted by Gasteiger charge is 2.14. The minimum atomic E-state index is -1.01. The van der Waals surface area contributed by atoms with E-state index in [1.54, 1.807) is 20.0 Å². The van der Waals surface area contributed by atoms with Crippen molar-refractivity contribution in [2.45, 2.75) is 32.4 Å². The molecule has 2 atom stereocenters. The Bertz CT molecular complexity index is 391. The number of aromatic nitrogens is 2. The van der Waals surface area contributed by atoms with Gasteiger partial charge in [-0.1, -0.05) is 13.8 Å². The van der Waals surface area contributed by atoms with Gasteiger partial charge < -0.3 is 26.7 Å². The molecule has 0 aromatic carbocycles. The SMILES string of the molecule is CC(C)C(N)C(=O)O.NC(Cc1c[nH]cn1)C(=O)O. The molecule has 1 aromatic rings. The summed E-state index contributed by atoms with van der Waals surface area (Å²) in [6, 6.07) is -1.58. The average Bonchev–Trinajstić information content (AvgIpc) is 2.81. The van der Waals surface area contributed by atoms with Crippen LogP contribution in [0.1, 0.15) is 19.5 Å². The molecule has 0 aliphatic rings. The smallest absolute Gasteiger partial charge is 0.320 e. The van der Waals surface area contributed by atoms with Crippen molar-refractivity contribution in [3.63, 3.8) is 0 Å². The number of carbonyl (C=O) groups is 2. The monoisotopic (exact) mass is 272 g/mol. The standard InChI is InChI=1S/C6H9N3O2.C5H11NO2/c7-5(6(10)11)1-4-2-8-3-9-4;1-3(2)4(6)5(7)8/h2-3,5H,1,7H2,(H,8,9)(H,10,11);3-4H,6H2,1-2H3,(H,7,8). The van der Waals surface area contributed by atoms with E-state index in [4.69, 9.17) is 21.7 Å². The van der Waals surface area contributed by atoms with Crippen molar-refractivity contribution in [3.8, 4) is 0 Å². The number of carboxylic acid groups (broad SMARTS) is 2. The molecule has 1 heterocycles. The van der Waals surface area contributed by atoms with Crippen molar-refractivity contribution in [3.05, 3.63) is 18.2 Å². The van der Waals surface area contributed by atoms with Crippen LogP contribution in [0.15, 0.2) is 12.5 Å². The molecular formula is C11H20N4O4. The summed E-state index contributed by atoms with van der Waals surface area (Å²) >= 11 is 0. The molecule has 1 rings (SSSR count). The van der Waals surface area contributed by atoms with Crippen LogP contribution in [0.2, 0.25) is 0 Å². The number of nitrogens with zero attached hydrogens (tertiary/aromatic N) is 1. The van der Waals surface area contributed by atoms with Crippen LogP contribution in [0, 0.1) is 5.92 Å². The number of imidazole rings is 1. The second kappa shape index (κ2) is 8.22. The van der Waals surface area contributed by atoms with E-state index in [2.05, 4.69) is 9.97 Å². The first-order valence-corrected chi connectivity index (χ1v) is 5.70. The zero-order valence-corrected chi connectivity index (χ0v) is 10.9. The maximum atomic E-state index is 10.3. The second-order valence-corrected chi connectivity index (χ2v) is 4.32. The van der Waals surface area contributed by atoms with Gasteiger partial charge in [-0.2, -0.15) is 0 Å². The average molecular weight is 272 g/mol. The Morgan fingerprint density at radius 3 is 2.16 bits per heavy atom. The number of carboxylic acids is 2. The molecule has 8 heteroatoms. The number of hydrogen-bond acceptors (Lipinski definition) is 5. The van der Waals surface area contributed by atoms with Gasteiger partial charge in [-0.25, -0.2) is 4.98 Å². The Labute approximate surface area is 110 Å². The van der Waals surface area contributed by atoms with Crippen molar-refractivity contribution < 1.29 is 19.8 Å². The van der Waals surface area contributed by atoms with Crippen LogP contribution >= 0.6 is 0 Å². The van der Waals surface area contributed by atoms with Crippen molar-refractivity contribution in [2.75, 3.05) is 0 Å². The van der Waals surface area contributed by atoms with Gasteiger partial charge in [0.2, 0.25) is 0 Å². The largest absolute Gasteiger partial charge is 0.480 e. The third-order valence-corrected chi connectivity index (χ3v) is 2.30. The molecule has 8 nitrogen and oxygen atoms in total. The Kier molecular flexibility index (Phi) is 7.39. The fraction of sp³-hybridized carbons (Fsp3) is 0.545. The lowest BCUT2D eigenvalue weighted by Gasteiger charge is -2.07. The van der Waals surface area contributed by atoms with Crippen LogP contribution in [0.4, 0.5) is 0 Å². The van der Waals surface area contributed by atoms with E-state index in [0.717, 1.165) is 0 Å². The number of aliphatic carboxylic acids is 2. The lowest BCUT2D eigenvalue weighted by Crippen LogP contribution is -2.34. The van der Waals surface area contributed by atoms with Crippen molar-refractivity contribution in [1.82, 2.24) is 9.97 Å².